The van der Waals surface area contributed by atoms with Crippen LogP contribution in [-0.4, -0.2) is 57.1 Å². The predicted octanol–water partition coefficient (Wildman–Crippen LogP) is 2.44. The van der Waals surface area contributed by atoms with Crippen molar-refractivity contribution in [3.05, 3.63) is 47.4 Å². The zero-order valence-electron chi connectivity index (χ0n) is 18.0. The molecule has 31 heavy (non-hydrogen) atoms. The number of phenols is 1. The van der Waals surface area contributed by atoms with Crippen LogP contribution >= 0.6 is 0 Å². The Kier molecular flexibility index (Phi) is 6.34. The van der Waals surface area contributed by atoms with Gasteiger partial charge in [-0.1, -0.05) is 13.0 Å². The number of hydrogen-bond donors (Lipinski definition) is 3. The molecule has 0 saturated carbocycles. The van der Waals surface area contributed by atoms with Crippen molar-refractivity contribution in [2.75, 3.05) is 26.5 Å². The number of amidine groups is 3. The van der Waals surface area contributed by atoms with Crippen LogP contribution in [0, 0.1) is 6.92 Å². The number of nitrogens with one attached hydrogen (secondary N) is 2. The molecule has 3 N–H and O–H groups in total. The summed E-state index contributed by atoms with van der Waals surface area (Å²) in [5.41, 5.74) is 0.760. The normalized spacial score (nSPS) is 16.5. The lowest BCUT2D eigenvalue weighted by Gasteiger charge is -2.19. The fraction of sp³-hybridized carbons (Fsp3) is 0.350. The summed E-state index contributed by atoms with van der Waals surface area (Å²) in [4.78, 5) is 5.96. The van der Waals surface area contributed by atoms with E-state index in [4.69, 9.17) is 4.42 Å². The van der Waals surface area contributed by atoms with E-state index in [1.54, 1.807) is 30.1 Å². The van der Waals surface area contributed by atoms with Crippen molar-refractivity contribution in [2.24, 2.45) is 13.8 Å². The van der Waals surface area contributed by atoms with E-state index in [-0.39, 0.29) is 29.1 Å². The summed E-state index contributed by atoms with van der Waals surface area (Å²) in [5.74, 6) is 1.91. The van der Waals surface area contributed by atoms with E-state index in [9.17, 15) is 13.5 Å². The molecule has 3 rings (SSSR count). The molecule has 1 aromatic heterocycles. The van der Waals surface area contributed by atoms with Crippen molar-refractivity contribution in [3.8, 4) is 5.75 Å². The van der Waals surface area contributed by atoms with Crippen LogP contribution in [-0.2, 0) is 10.2 Å². The quantitative estimate of drug-likeness (QED) is 0.365. The summed E-state index contributed by atoms with van der Waals surface area (Å²) >= 11 is 0. The third-order valence-electron chi connectivity index (χ3n) is 4.63. The highest BCUT2D eigenvalue weighted by Gasteiger charge is 2.28. The first kappa shape index (κ1) is 22.3. The van der Waals surface area contributed by atoms with Gasteiger partial charge in [0.05, 0.1) is 17.3 Å². The number of aryl methyl sites for hydroxylation is 1. The van der Waals surface area contributed by atoms with Crippen LogP contribution < -0.4 is 10.6 Å². The maximum Gasteiger partial charge on any atom is 0.367 e. The molecular formula is C20H26N6O4S. The molecule has 1 atom stereocenters. The maximum absolute atomic E-state index is 12.1. The highest BCUT2D eigenvalue weighted by molar-refractivity contribution is 7.89. The third kappa shape index (κ3) is 4.88. The first-order chi connectivity index (χ1) is 14.6. The number of rotatable bonds is 5. The zero-order valence-corrected chi connectivity index (χ0v) is 18.9. The Hall–Kier alpha value is -3.34. The van der Waals surface area contributed by atoms with Crippen molar-refractivity contribution >= 4 is 33.4 Å². The minimum absolute atomic E-state index is 0.0194. The number of anilines is 1. The number of furan rings is 1. The molecule has 166 valence electrons. The fourth-order valence-electron chi connectivity index (χ4n) is 3.21. The van der Waals surface area contributed by atoms with Crippen LogP contribution in [0.25, 0.3) is 0 Å². The van der Waals surface area contributed by atoms with E-state index in [1.807, 2.05) is 40.1 Å². The second kappa shape index (κ2) is 8.80. The standard InChI is InChI=1S/C20H26N6O4S/c1-6-14(16-11-10-12(2)30-16)22-18-19(25-31(28,29)24-18)23-15-9-7-8-13(17(15)27)20(21-3)26(4)5/h7-11,14,27H,6H2,1-5H3,(H,22,24)(H,23,25)/b21-20-/t14-/m1/s1. The molecule has 1 aliphatic heterocycles. The van der Waals surface area contributed by atoms with E-state index >= 15 is 0 Å². The Balaban J connectivity index is 1.91. The molecule has 1 aromatic carbocycles. The second-order valence-corrected chi connectivity index (χ2v) is 8.41. The SMILES string of the molecule is CC[C@@H](NC1=NS(=O)(=O)N=C1Nc1cccc(/C(=N/C)N(C)C)c1O)c1ccc(C)o1. The molecule has 0 aliphatic carbocycles. The van der Waals surface area contributed by atoms with E-state index in [0.717, 1.165) is 5.76 Å². The highest BCUT2D eigenvalue weighted by Crippen LogP contribution is 2.29. The number of phenolic OH excluding ortho intramolecular Hbond substituents is 1. The highest BCUT2D eigenvalue weighted by atomic mass is 32.2. The summed E-state index contributed by atoms with van der Waals surface area (Å²) in [5, 5.41) is 16.7. The molecule has 10 nitrogen and oxygen atoms in total. The number of aromatic hydroxyl groups is 1. The molecule has 0 fully saturated rings. The maximum atomic E-state index is 12.1. The van der Waals surface area contributed by atoms with E-state index < -0.39 is 10.2 Å². The van der Waals surface area contributed by atoms with Gasteiger partial charge in [0.2, 0.25) is 0 Å². The molecule has 11 heteroatoms. The van der Waals surface area contributed by atoms with Gasteiger partial charge in [0.1, 0.15) is 23.1 Å². The second-order valence-electron chi connectivity index (χ2n) is 7.15. The number of hydrogen-bond acceptors (Lipinski definition) is 7. The average Bonchev–Trinajstić information content (AvgIpc) is 3.25. The fourth-order valence-corrected chi connectivity index (χ4v) is 3.98. The summed E-state index contributed by atoms with van der Waals surface area (Å²) < 4.78 is 37.2. The largest absolute Gasteiger partial charge is 0.505 e. The van der Waals surface area contributed by atoms with Crippen LogP contribution in [0.3, 0.4) is 0 Å². The van der Waals surface area contributed by atoms with Crippen molar-refractivity contribution in [2.45, 2.75) is 26.3 Å². The van der Waals surface area contributed by atoms with Crippen LogP contribution in [0.15, 0.2) is 48.5 Å². The van der Waals surface area contributed by atoms with E-state index in [2.05, 4.69) is 24.4 Å². The predicted molar refractivity (Wildman–Crippen MR) is 121 cm³/mol. The van der Waals surface area contributed by atoms with Gasteiger partial charge in [-0.3, -0.25) is 4.99 Å². The summed E-state index contributed by atoms with van der Waals surface area (Å²) in [6, 6.07) is 8.41. The molecule has 2 aromatic rings. The van der Waals surface area contributed by atoms with Gasteiger partial charge in [0.25, 0.3) is 0 Å². The number of benzene rings is 1. The number of nitrogens with zero attached hydrogens (tertiary/aromatic N) is 4. The lowest BCUT2D eigenvalue weighted by Crippen LogP contribution is -2.36. The number of para-hydroxylation sites is 1. The Morgan fingerprint density at radius 1 is 1.23 bits per heavy atom. The van der Waals surface area contributed by atoms with E-state index in [1.165, 1.54) is 0 Å². The lowest BCUT2D eigenvalue weighted by atomic mass is 10.1. The minimum atomic E-state index is -4.05. The smallest absolute Gasteiger partial charge is 0.367 e. The third-order valence-corrected chi connectivity index (χ3v) is 5.45. The molecule has 0 spiro atoms. The molecule has 1 aliphatic rings. The van der Waals surface area contributed by atoms with Gasteiger partial charge in [-0.2, -0.15) is 8.42 Å². The Morgan fingerprint density at radius 2 is 1.94 bits per heavy atom. The summed E-state index contributed by atoms with van der Waals surface area (Å²) in [6.07, 6.45) is 0.624. The van der Waals surface area contributed by atoms with Crippen molar-refractivity contribution < 1.29 is 17.9 Å². The van der Waals surface area contributed by atoms with Crippen LogP contribution in [0.4, 0.5) is 5.69 Å². The Bertz CT molecular complexity index is 1160. The van der Waals surface area contributed by atoms with Gasteiger partial charge >= 0.3 is 10.2 Å². The minimum Gasteiger partial charge on any atom is -0.505 e. The monoisotopic (exact) mass is 446 g/mol. The number of aliphatic imine (C=N–C) groups is 1. The van der Waals surface area contributed by atoms with Crippen LogP contribution in [0.1, 0.15) is 36.5 Å². The lowest BCUT2D eigenvalue weighted by molar-refractivity contribution is 0.424. The first-order valence-corrected chi connectivity index (χ1v) is 11.1. The Morgan fingerprint density at radius 3 is 2.52 bits per heavy atom. The molecule has 0 saturated heterocycles. The van der Waals surface area contributed by atoms with Gasteiger partial charge in [-0.25, -0.2) is 0 Å². The van der Waals surface area contributed by atoms with Gasteiger partial charge in [0, 0.05) is 21.1 Å². The van der Waals surface area contributed by atoms with Gasteiger partial charge in [-0.15, -0.1) is 8.80 Å². The topological polar surface area (TPSA) is 132 Å². The molecular weight excluding hydrogens is 420 g/mol. The summed E-state index contributed by atoms with van der Waals surface area (Å²) in [7, 11) is 1.20. The van der Waals surface area contributed by atoms with Crippen LogP contribution in [0.5, 0.6) is 5.75 Å². The van der Waals surface area contributed by atoms with Gasteiger partial charge in [0.15, 0.2) is 11.7 Å². The summed E-state index contributed by atoms with van der Waals surface area (Å²) in [6.45, 7) is 3.77. The van der Waals surface area contributed by atoms with E-state index in [0.29, 0.717) is 23.6 Å². The van der Waals surface area contributed by atoms with Crippen molar-refractivity contribution in [1.29, 1.82) is 0 Å². The zero-order chi connectivity index (χ0) is 22.8. The molecule has 0 amide bonds. The first-order valence-electron chi connectivity index (χ1n) is 9.66. The van der Waals surface area contributed by atoms with Gasteiger partial charge in [-0.05, 0) is 37.6 Å². The molecule has 2 heterocycles. The van der Waals surface area contributed by atoms with Crippen molar-refractivity contribution in [3.63, 3.8) is 0 Å². The molecule has 0 unspecified atom stereocenters. The Labute approximate surface area is 181 Å². The average molecular weight is 447 g/mol. The molecule has 0 radical (unpaired) electrons. The molecule has 0 bridgehead atoms. The van der Waals surface area contributed by atoms with Gasteiger partial charge < -0.3 is 25.1 Å². The van der Waals surface area contributed by atoms with Crippen molar-refractivity contribution in [1.82, 2.24) is 10.2 Å². The van der Waals surface area contributed by atoms with Crippen LogP contribution in [0.2, 0.25) is 0 Å².